The zero-order valence-corrected chi connectivity index (χ0v) is 10.5. The van der Waals surface area contributed by atoms with E-state index in [0.717, 1.165) is 17.7 Å². The van der Waals surface area contributed by atoms with Crippen molar-refractivity contribution in [2.24, 2.45) is 5.73 Å². The number of methoxy groups -OCH3 is 1. The molecule has 0 aromatic heterocycles. The van der Waals surface area contributed by atoms with E-state index in [2.05, 4.69) is 0 Å². The van der Waals surface area contributed by atoms with Crippen LogP contribution in [-0.4, -0.2) is 19.5 Å². The number of thioether (sulfide) groups is 1. The summed E-state index contributed by atoms with van der Waals surface area (Å²) in [5.74, 6) is 0.659. The second-order valence-electron chi connectivity index (χ2n) is 3.64. The van der Waals surface area contributed by atoms with Gasteiger partial charge in [-0.1, -0.05) is 12.1 Å². The predicted octanol–water partition coefficient (Wildman–Crippen LogP) is 2.97. The summed E-state index contributed by atoms with van der Waals surface area (Å²) >= 11 is 1.51. The lowest BCUT2D eigenvalue weighted by Crippen LogP contribution is -2.07. The quantitative estimate of drug-likeness (QED) is 0.616. The van der Waals surface area contributed by atoms with Crippen LogP contribution < -0.4 is 5.73 Å². The molecule has 16 heavy (non-hydrogen) atoms. The molecular weight excluding hydrogens is 225 g/mol. The van der Waals surface area contributed by atoms with Gasteiger partial charge in [0.25, 0.3) is 0 Å². The van der Waals surface area contributed by atoms with E-state index in [4.69, 9.17) is 10.5 Å². The SMILES string of the molecule is COCCCSc1c(F)cccc1C(C)N. The second-order valence-corrected chi connectivity index (χ2v) is 4.75. The highest BCUT2D eigenvalue weighted by molar-refractivity contribution is 7.99. The van der Waals surface area contributed by atoms with Gasteiger partial charge in [-0.3, -0.25) is 0 Å². The normalized spacial score (nSPS) is 12.8. The molecule has 1 unspecified atom stereocenters. The van der Waals surface area contributed by atoms with Crippen molar-refractivity contribution in [3.63, 3.8) is 0 Å². The van der Waals surface area contributed by atoms with Gasteiger partial charge in [0.2, 0.25) is 0 Å². The molecule has 0 bridgehead atoms. The van der Waals surface area contributed by atoms with Crippen LogP contribution in [0.25, 0.3) is 0 Å². The minimum Gasteiger partial charge on any atom is -0.385 e. The predicted molar refractivity (Wildman–Crippen MR) is 66.2 cm³/mol. The van der Waals surface area contributed by atoms with Crippen molar-refractivity contribution in [3.05, 3.63) is 29.6 Å². The van der Waals surface area contributed by atoms with E-state index in [1.54, 1.807) is 13.2 Å². The van der Waals surface area contributed by atoms with Gasteiger partial charge in [-0.2, -0.15) is 0 Å². The van der Waals surface area contributed by atoms with Crippen molar-refractivity contribution in [1.29, 1.82) is 0 Å². The number of hydrogen-bond acceptors (Lipinski definition) is 3. The van der Waals surface area contributed by atoms with Gasteiger partial charge in [0.1, 0.15) is 5.82 Å². The molecule has 0 aliphatic heterocycles. The summed E-state index contributed by atoms with van der Waals surface area (Å²) in [6.07, 6.45) is 0.911. The number of nitrogens with two attached hydrogens (primary N) is 1. The third-order valence-corrected chi connectivity index (χ3v) is 3.44. The largest absolute Gasteiger partial charge is 0.385 e. The Labute approximate surface area is 100 Å². The van der Waals surface area contributed by atoms with E-state index in [9.17, 15) is 4.39 Å². The molecule has 1 aromatic rings. The molecule has 0 spiro atoms. The Morgan fingerprint density at radius 1 is 1.50 bits per heavy atom. The summed E-state index contributed by atoms with van der Waals surface area (Å²) in [5, 5.41) is 0. The molecule has 90 valence electrons. The zero-order chi connectivity index (χ0) is 12.0. The molecule has 0 fully saturated rings. The Morgan fingerprint density at radius 2 is 2.25 bits per heavy atom. The summed E-state index contributed by atoms with van der Waals surface area (Å²) < 4.78 is 18.6. The molecule has 2 N–H and O–H groups in total. The van der Waals surface area contributed by atoms with Crippen molar-refractivity contribution in [2.75, 3.05) is 19.5 Å². The van der Waals surface area contributed by atoms with E-state index >= 15 is 0 Å². The van der Waals surface area contributed by atoms with Crippen molar-refractivity contribution in [1.82, 2.24) is 0 Å². The van der Waals surface area contributed by atoms with Gasteiger partial charge in [0.15, 0.2) is 0 Å². The molecule has 0 aliphatic rings. The number of rotatable bonds is 6. The third kappa shape index (κ3) is 3.77. The van der Waals surface area contributed by atoms with Gasteiger partial charge in [-0.15, -0.1) is 11.8 Å². The molecule has 0 amide bonds. The molecular formula is C12H18FNOS. The monoisotopic (exact) mass is 243 g/mol. The summed E-state index contributed by atoms with van der Waals surface area (Å²) in [6.45, 7) is 2.57. The average Bonchev–Trinajstić information content (AvgIpc) is 2.25. The minimum atomic E-state index is -0.183. The summed E-state index contributed by atoms with van der Waals surface area (Å²) in [6, 6.07) is 4.92. The topological polar surface area (TPSA) is 35.2 Å². The van der Waals surface area contributed by atoms with Crippen LogP contribution in [0, 0.1) is 5.82 Å². The fourth-order valence-corrected chi connectivity index (χ4v) is 2.51. The summed E-state index contributed by atoms with van der Waals surface area (Å²) in [7, 11) is 1.67. The van der Waals surface area contributed by atoms with Crippen molar-refractivity contribution in [3.8, 4) is 0 Å². The van der Waals surface area contributed by atoms with Gasteiger partial charge >= 0.3 is 0 Å². The second kappa shape index (κ2) is 6.89. The maximum atomic E-state index is 13.6. The first-order valence-corrected chi connectivity index (χ1v) is 6.31. The highest BCUT2D eigenvalue weighted by atomic mass is 32.2. The van der Waals surface area contributed by atoms with E-state index in [1.807, 2.05) is 13.0 Å². The van der Waals surface area contributed by atoms with Crippen molar-refractivity contribution < 1.29 is 9.13 Å². The van der Waals surface area contributed by atoms with Crippen LogP contribution in [0.3, 0.4) is 0 Å². The van der Waals surface area contributed by atoms with Crippen molar-refractivity contribution >= 4 is 11.8 Å². The summed E-state index contributed by atoms with van der Waals surface area (Å²) in [4.78, 5) is 0.675. The number of benzene rings is 1. The molecule has 1 rings (SSSR count). The van der Waals surface area contributed by atoms with E-state index < -0.39 is 0 Å². The lowest BCUT2D eigenvalue weighted by Gasteiger charge is -2.12. The summed E-state index contributed by atoms with van der Waals surface area (Å²) in [5.41, 5.74) is 6.69. The van der Waals surface area contributed by atoms with Crippen LogP contribution in [0.4, 0.5) is 4.39 Å². The Morgan fingerprint density at radius 3 is 2.88 bits per heavy atom. The fraction of sp³-hybridized carbons (Fsp3) is 0.500. The van der Waals surface area contributed by atoms with Crippen LogP contribution in [0.1, 0.15) is 24.9 Å². The first kappa shape index (κ1) is 13.5. The highest BCUT2D eigenvalue weighted by Crippen LogP contribution is 2.29. The van der Waals surface area contributed by atoms with Crippen LogP contribution in [0.5, 0.6) is 0 Å². The number of ether oxygens (including phenoxy) is 1. The molecule has 0 heterocycles. The molecule has 1 aromatic carbocycles. The number of hydrogen-bond donors (Lipinski definition) is 1. The molecule has 0 saturated carbocycles. The van der Waals surface area contributed by atoms with Crippen LogP contribution in [0.15, 0.2) is 23.1 Å². The molecule has 0 saturated heterocycles. The third-order valence-electron chi connectivity index (χ3n) is 2.23. The smallest absolute Gasteiger partial charge is 0.137 e. The first-order chi connectivity index (χ1) is 7.66. The average molecular weight is 243 g/mol. The Balaban J connectivity index is 2.69. The van der Waals surface area contributed by atoms with Gasteiger partial charge in [0, 0.05) is 30.4 Å². The van der Waals surface area contributed by atoms with Gasteiger partial charge in [0.05, 0.1) is 0 Å². The van der Waals surface area contributed by atoms with Crippen LogP contribution in [-0.2, 0) is 4.74 Å². The minimum absolute atomic E-state index is 0.138. The maximum absolute atomic E-state index is 13.6. The lowest BCUT2D eigenvalue weighted by atomic mass is 10.1. The fourth-order valence-electron chi connectivity index (χ4n) is 1.41. The van der Waals surface area contributed by atoms with E-state index in [-0.39, 0.29) is 11.9 Å². The standard InChI is InChI=1S/C12H18FNOS/c1-9(14)10-5-3-6-11(13)12(10)16-8-4-7-15-2/h3,5-6,9H,4,7-8,14H2,1-2H3. The van der Waals surface area contributed by atoms with Gasteiger partial charge < -0.3 is 10.5 Å². The maximum Gasteiger partial charge on any atom is 0.137 e. The number of halogens is 1. The Bertz CT molecular complexity index is 331. The Kier molecular flexibility index (Phi) is 5.80. The van der Waals surface area contributed by atoms with Crippen molar-refractivity contribution in [2.45, 2.75) is 24.3 Å². The first-order valence-electron chi connectivity index (χ1n) is 5.32. The molecule has 1 atom stereocenters. The lowest BCUT2D eigenvalue weighted by molar-refractivity contribution is 0.200. The van der Waals surface area contributed by atoms with Crippen LogP contribution in [0.2, 0.25) is 0 Å². The van der Waals surface area contributed by atoms with E-state index in [1.165, 1.54) is 17.8 Å². The van der Waals surface area contributed by atoms with Gasteiger partial charge in [-0.25, -0.2) is 4.39 Å². The van der Waals surface area contributed by atoms with Crippen LogP contribution >= 0.6 is 11.8 Å². The molecule has 2 nitrogen and oxygen atoms in total. The molecule has 4 heteroatoms. The van der Waals surface area contributed by atoms with E-state index in [0.29, 0.717) is 11.5 Å². The zero-order valence-electron chi connectivity index (χ0n) is 9.70. The highest BCUT2D eigenvalue weighted by Gasteiger charge is 2.11. The molecule has 0 aliphatic carbocycles. The Hall–Kier alpha value is -0.580. The van der Waals surface area contributed by atoms with Gasteiger partial charge in [-0.05, 0) is 25.0 Å². The molecule has 0 radical (unpaired) electrons.